The molecular formula is C16H17FN4O2. The molecule has 2 amide bonds. The number of nitrogens with one attached hydrogen (secondary N) is 2. The number of rotatable bonds is 3. The fourth-order valence-corrected chi connectivity index (χ4v) is 2.62. The van der Waals surface area contributed by atoms with Crippen LogP contribution in [0.3, 0.4) is 0 Å². The molecule has 0 saturated carbocycles. The Balaban J connectivity index is 1.71. The van der Waals surface area contributed by atoms with Crippen LogP contribution >= 0.6 is 0 Å². The fraction of sp³-hybridized carbons (Fsp3) is 0.312. The minimum atomic E-state index is -0.460. The third-order valence-corrected chi connectivity index (χ3v) is 3.89. The average molecular weight is 316 g/mol. The van der Waals surface area contributed by atoms with Crippen molar-refractivity contribution in [1.29, 1.82) is 0 Å². The summed E-state index contributed by atoms with van der Waals surface area (Å²) in [5.74, 6) is -0.807. The molecule has 2 N–H and O–H groups in total. The molecule has 0 radical (unpaired) electrons. The van der Waals surface area contributed by atoms with Crippen molar-refractivity contribution in [2.24, 2.45) is 5.92 Å². The van der Waals surface area contributed by atoms with Gasteiger partial charge in [-0.3, -0.25) is 14.9 Å². The Kier molecular flexibility index (Phi) is 3.85. The lowest BCUT2D eigenvalue weighted by Gasteiger charge is -2.17. The summed E-state index contributed by atoms with van der Waals surface area (Å²) >= 11 is 0. The Morgan fingerprint density at radius 3 is 2.87 bits per heavy atom. The molecule has 7 heteroatoms. The quantitative estimate of drug-likeness (QED) is 0.911. The van der Waals surface area contributed by atoms with Crippen molar-refractivity contribution in [3.63, 3.8) is 0 Å². The van der Waals surface area contributed by atoms with Gasteiger partial charge < -0.3 is 9.88 Å². The molecule has 6 nitrogen and oxygen atoms in total. The van der Waals surface area contributed by atoms with Gasteiger partial charge in [0.2, 0.25) is 17.8 Å². The second-order valence-electron chi connectivity index (χ2n) is 5.74. The summed E-state index contributed by atoms with van der Waals surface area (Å²) in [6.45, 7) is 3.75. The number of imidazole rings is 1. The molecule has 1 saturated heterocycles. The first kappa shape index (κ1) is 15.2. The number of carbonyl (C=O) groups is 2. The Bertz CT molecular complexity index is 771. The zero-order chi connectivity index (χ0) is 16.6. The molecule has 0 unspecified atom stereocenters. The van der Waals surface area contributed by atoms with Crippen molar-refractivity contribution in [3.05, 3.63) is 41.5 Å². The van der Waals surface area contributed by atoms with Crippen molar-refractivity contribution in [2.45, 2.75) is 20.3 Å². The van der Waals surface area contributed by atoms with E-state index in [1.807, 2.05) is 6.92 Å². The van der Waals surface area contributed by atoms with Gasteiger partial charge in [-0.2, -0.15) is 0 Å². The minimum absolute atomic E-state index is 0.127. The molecular weight excluding hydrogens is 299 g/mol. The molecule has 2 aromatic rings. The van der Waals surface area contributed by atoms with E-state index in [1.54, 1.807) is 25.3 Å². The second-order valence-corrected chi connectivity index (χ2v) is 5.74. The van der Waals surface area contributed by atoms with Gasteiger partial charge in [-0.15, -0.1) is 0 Å². The minimum Gasteiger partial charge on any atom is -0.328 e. The van der Waals surface area contributed by atoms with Crippen molar-refractivity contribution >= 4 is 23.5 Å². The van der Waals surface area contributed by atoms with E-state index in [2.05, 4.69) is 15.3 Å². The number of nitrogens with zero attached hydrogens (tertiary/aromatic N) is 2. The number of aromatic amines is 1. The summed E-state index contributed by atoms with van der Waals surface area (Å²) in [4.78, 5) is 32.9. The van der Waals surface area contributed by atoms with Crippen molar-refractivity contribution in [1.82, 2.24) is 9.97 Å². The van der Waals surface area contributed by atoms with Gasteiger partial charge in [-0.1, -0.05) is 0 Å². The van der Waals surface area contributed by atoms with Crippen LogP contribution in [-0.4, -0.2) is 28.3 Å². The number of H-pyrrole nitrogens is 1. The summed E-state index contributed by atoms with van der Waals surface area (Å²) in [5, 5.41) is 2.67. The molecule has 0 bridgehead atoms. The highest BCUT2D eigenvalue weighted by Crippen LogP contribution is 2.27. The smallest absolute Gasteiger partial charge is 0.232 e. The Labute approximate surface area is 132 Å². The van der Waals surface area contributed by atoms with Gasteiger partial charge in [0.15, 0.2) is 0 Å². The number of hydrogen-bond acceptors (Lipinski definition) is 3. The van der Waals surface area contributed by atoms with Crippen LogP contribution in [0.1, 0.15) is 17.7 Å². The number of aryl methyl sites for hydroxylation is 2. The Morgan fingerprint density at radius 1 is 1.43 bits per heavy atom. The first-order chi connectivity index (χ1) is 10.9. The first-order valence-electron chi connectivity index (χ1n) is 7.33. The highest BCUT2D eigenvalue weighted by atomic mass is 19.1. The van der Waals surface area contributed by atoms with Gasteiger partial charge in [0.05, 0.1) is 5.92 Å². The molecule has 1 aliphatic rings. The van der Waals surface area contributed by atoms with E-state index in [9.17, 15) is 14.0 Å². The second kappa shape index (κ2) is 5.83. The van der Waals surface area contributed by atoms with Gasteiger partial charge in [0.1, 0.15) is 5.82 Å². The zero-order valence-electron chi connectivity index (χ0n) is 12.9. The molecule has 0 spiro atoms. The number of hydrogen-bond donors (Lipinski definition) is 2. The zero-order valence-corrected chi connectivity index (χ0v) is 12.9. The highest BCUT2D eigenvalue weighted by Gasteiger charge is 2.35. The standard InChI is InChI=1S/C16H17FN4O2/c1-9-5-12(3-4-13(9)17)21-8-11(6-14(21)22)15(23)20-16-18-7-10(2)19-16/h3-5,7,11H,6,8H2,1-2H3,(H2,18,19,20,23)/t11-/m1/s1. The van der Waals surface area contributed by atoms with Crippen molar-refractivity contribution in [2.75, 3.05) is 16.8 Å². The van der Waals surface area contributed by atoms with Gasteiger partial charge >= 0.3 is 0 Å². The van der Waals surface area contributed by atoms with Crippen molar-refractivity contribution in [3.8, 4) is 0 Å². The van der Waals surface area contributed by atoms with E-state index in [4.69, 9.17) is 0 Å². The van der Waals surface area contributed by atoms with Crippen LogP contribution in [-0.2, 0) is 9.59 Å². The van der Waals surface area contributed by atoms with Gasteiger partial charge in [0, 0.05) is 30.5 Å². The van der Waals surface area contributed by atoms with E-state index in [-0.39, 0.29) is 30.6 Å². The average Bonchev–Trinajstić information content (AvgIpc) is 3.08. The van der Waals surface area contributed by atoms with E-state index in [1.165, 1.54) is 11.0 Å². The number of benzene rings is 1. The van der Waals surface area contributed by atoms with Crippen LogP contribution in [0.25, 0.3) is 0 Å². The molecule has 2 heterocycles. The number of halogens is 1. The molecule has 1 aliphatic heterocycles. The molecule has 3 rings (SSSR count). The Morgan fingerprint density at radius 2 is 2.22 bits per heavy atom. The molecule has 1 atom stereocenters. The predicted octanol–water partition coefficient (Wildman–Crippen LogP) is 2.16. The van der Waals surface area contributed by atoms with E-state index >= 15 is 0 Å². The first-order valence-corrected chi connectivity index (χ1v) is 7.33. The third kappa shape index (κ3) is 3.08. The van der Waals surface area contributed by atoms with Crippen LogP contribution in [0.15, 0.2) is 24.4 Å². The summed E-state index contributed by atoms with van der Waals surface area (Å²) in [5.41, 5.74) is 1.92. The predicted molar refractivity (Wildman–Crippen MR) is 83.6 cm³/mol. The van der Waals surface area contributed by atoms with Gasteiger partial charge in [-0.25, -0.2) is 9.37 Å². The van der Waals surface area contributed by atoms with E-state index in [0.29, 0.717) is 17.2 Å². The maximum absolute atomic E-state index is 13.4. The molecule has 120 valence electrons. The third-order valence-electron chi connectivity index (χ3n) is 3.89. The van der Waals surface area contributed by atoms with Gasteiger partial charge in [-0.05, 0) is 37.6 Å². The summed E-state index contributed by atoms with van der Waals surface area (Å²) in [6, 6.07) is 4.50. The van der Waals surface area contributed by atoms with Crippen LogP contribution in [0.4, 0.5) is 16.0 Å². The van der Waals surface area contributed by atoms with Crippen LogP contribution < -0.4 is 10.2 Å². The number of carbonyl (C=O) groups excluding carboxylic acids is 2. The summed E-state index contributed by atoms with van der Waals surface area (Å²) < 4.78 is 13.4. The molecule has 1 aromatic carbocycles. The molecule has 23 heavy (non-hydrogen) atoms. The molecule has 1 aromatic heterocycles. The van der Waals surface area contributed by atoms with Crippen LogP contribution in [0, 0.1) is 25.6 Å². The largest absolute Gasteiger partial charge is 0.328 e. The molecule has 0 aliphatic carbocycles. The Hall–Kier alpha value is -2.70. The number of anilines is 2. The van der Waals surface area contributed by atoms with Crippen LogP contribution in [0.5, 0.6) is 0 Å². The highest BCUT2D eigenvalue weighted by molar-refractivity contribution is 6.03. The summed E-state index contributed by atoms with van der Waals surface area (Å²) in [6.07, 6.45) is 1.74. The van der Waals surface area contributed by atoms with E-state index < -0.39 is 5.92 Å². The lowest BCUT2D eigenvalue weighted by molar-refractivity contribution is -0.122. The van der Waals surface area contributed by atoms with E-state index in [0.717, 1.165) is 5.69 Å². The fourth-order valence-electron chi connectivity index (χ4n) is 2.62. The molecule has 1 fully saturated rings. The lowest BCUT2D eigenvalue weighted by Crippen LogP contribution is -2.28. The normalized spacial score (nSPS) is 17.6. The monoisotopic (exact) mass is 316 g/mol. The maximum Gasteiger partial charge on any atom is 0.232 e. The maximum atomic E-state index is 13.4. The number of aromatic nitrogens is 2. The van der Waals surface area contributed by atoms with Crippen molar-refractivity contribution < 1.29 is 14.0 Å². The van der Waals surface area contributed by atoms with Gasteiger partial charge in [0.25, 0.3) is 0 Å². The topological polar surface area (TPSA) is 78.1 Å². The number of amides is 2. The van der Waals surface area contributed by atoms with Crippen LogP contribution in [0.2, 0.25) is 0 Å². The SMILES string of the molecule is Cc1cnc(NC(=O)[C@@H]2CC(=O)N(c3ccc(F)c(C)c3)C2)[nH]1. The lowest BCUT2D eigenvalue weighted by atomic mass is 10.1. The summed E-state index contributed by atoms with van der Waals surface area (Å²) in [7, 11) is 0.